The first-order valence-corrected chi connectivity index (χ1v) is 6.77. The predicted octanol–water partition coefficient (Wildman–Crippen LogP) is 2.39. The minimum Gasteiger partial charge on any atom is -0.461 e. The van der Waals surface area contributed by atoms with Crippen molar-refractivity contribution in [2.75, 3.05) is 6.54 Å². The molecular weight excluding hydrogens is 202 g/mol. The molecule has 3 nitrogen and oxygen atoms in total. The first-order valence-electron chi connectivity index (χ1n) is 6.77. The molecule has 0 aliphatic heterocycles. The Morgan fingerprint density at radius 2 is 1.62 bits per heavy atom. The van der Waals surface area contributed by atoms with Gasteiger partial charge in [-0.15, -0.1) is 0 Å². The Bertz CT molecular complexity index is 218. The minimum absolute atomic E-state index is 0.0567. The van der Waals surface area contributed by atoms with Crippen molar-refractivity contribution in [1.82, 2.24) is 5.32 Å². The van der Waals surface area contributed by atoms with E-state index in [0.29, 0.717) is 12.6 Å². The van der Waals surface area contributed by atoms with E-state index in [4.69, 9.17) is 4.74 Å². The van der Waals surface area contributed by atoms with Gasteiger partial charge in [-0.1, -0.05) is 19.3 Å². The van der Waals surface area contributed by atoms with Crippen LogP contribution in [-0.4, -0.2) is 24.7 Å². The van der Waals surface area contributed by atoms with Gasteiger partial charge >= 0.3 is 5.97 Å². The molecule has 2 rings (SSSR count). The fourth-order valence-corrected chi connectivity index (χ4v) is 2.77. The maximum absolute atomic E-state index is 11.6. The molecule has 16 heavy (non-hydrogen) atoms. The zero-order chi connectivity index (χ0) is 11.2. The normalized spacial score (nSPS) is 23.5. The summed E-state index contributed by atoms with van der Waals surface area (Å²) >= 11 is 0. The quantitative estimate of drug-likeness (QED) is 0.747. The molecule has 0 aromatic rings. The molecule has 2 saturated carbocycles. The van der Waals surface area contributed by atoms with Crippen LogP contribution in [0.2, 0.25) is 0 Å². The van der Waals surface area contributed by atoms with Crippen LogP contribution in [0.1, 0.15) is 57.8 Å². The highest BCUT2D eigenvalue weighted by molar-refractivity contribution is 5.71. The van der Waals surface area contributed by atoms with Crippen molar-refractivity contribution in [2.24, 2.45) is 0 Å². The molecule has 2 aliphatic carbocycles. The molecule has 0 aromatic carbocycles. The van der Waals surface area contributed by atoms with Crippen molar-refractivity contribution < 1.29 is 9.53 Å². The number of hydrogen-bond acceptors (Lipinski definition) is 3. The Labute approximate surface area is 97.9 Å². The monoisotopic (exact) mass is 225 g/mol. The lowest BCUT2D eigenvalue weighted by Gasteiger charge is -2.22. The molecule has 0 unspecified atom stereocenters. The Kier molecular flexibility index (Phi) is 4.64. The highest BCUT2D eigenvalue weighted by Crippen LogP contribution is 2.20. The van der Waals surface area contributed by atoms with Gasteiger partial charge in [0.25, 0.3) is 0 Å². The maximum atomic E-state index is 11.6. The molecule has 0 heterocycles. The van der Waals surface area contributed by atoms with Gasteiger partial charge in [-0.3, -0.25) is 4.79 Å². The fraction of sp³-hybridized carbons (Fsp3) is 0.923. The van der Waals surface area contributed by atoms with Gasteiger partial charge in [-0.25, -0.2) is 0 Å². The van der Waals surface area contributed by atoms with Crippen LogP contribution in [0.3, 0.4) is 0 Å². The second-order valence-electron chi connectivity index (χ2n) is 5.11. The van der Waals surface area contributed by atoms with Gasteiger partial charge in [0, 0.05) is 6.04 Å². The molecule has 0 saturated heterocycles. The van der Waals surface area contributed by atoms with Gasteiger partial charge in [0.2, 0.25) is 0 Å². The number of carbonyl (C=O) groups is 1. The summed E-state index contributed by atoms with van der Waals surface area (Å²) in [6, 6.07) is 0.555. The molecule has 3 heteroatoms. The number of rotatable bonds is 4. The van der Waals surface area contributed by atoms with Gasteiger partial charge in [0.05, 0.1) is 6.54 Å². The zero-order valence-corrected chi connectivity index (χ0v) is 10.0. The second kappa shape index (κ2) is 6.24. The summed E-state index contributed by atoms with van der Waals surface area (Å²) < 4.78 is 5.45. The van der Waals surface area contributed by atoms with Crippen LogP contribution in [0.5, 0.6) is 0 Å². The van der Waals surface area contributed by atoms with Gasteiger partial charge in [0.15, 0.2) is 0 Å². The molecule has 0 amide bonds. The van der Waals surface area contributed by atoms with E-state index in [1.165, 1.54) is 44.9 Å². The Hall–Kier alpha value is -0.570. The molecule has 2 fully saturated rings. The van der Waals surface area contributed by atoms with E-state index in [9.17, 15) is 4.79 Å². The fourth-order valence-electron chi connectivity index (χ4n) is 2.77. The smallest absolute Gasteiger partial charge is 0.320 e. The van der Waals surface area contributed by atoms with Crippen molar-refractivity contribution in [1.29, 1.82) is 0 Å². The number of carbonyl (C=O) groups excluding carboxylic acids is 1. The highest BCUT2D eigenvalue weighted by atomic mass is 16.5. The van der Waals surface area contributed by atoms with Crippen molar-refractivity contribution >= 4 is 5.97 Å². The number of nitrogens with one attached hydrogen (secondary N) is 1. The second-order valence-corrected chi connectivity index (χ2v) is 5.11. The molecule has 0 bridgehead atoms. The molecular formula is C13H23NO2. The summed E-state index contributed by atoms with van der Waals surface area (Å²) in [4.78, 5) is 11.6. The van der Waals surface area contributed by atoms with Crippen LogP contribution in [0.25, 0.3) is 0 Å². The molecule has 0 aromatic heterocycles. The van der Waals surface area contributed by atoms with Crippen molar-refractivity contribution in [3.63, 3.8) is 0 Å². The summed E-state index contributed by atoms with van der Waals surface area (Å²) in [5.41, 5.74) is 0. The van der Waals surface area contributed by atoms with Gasteiger partial charge in [0.1, 0.15) is 6.10 Å². The Morgan fingerprint density at radius 3 is 2.31 bits per heavy atom. The summed E-state index contributed by atoms with van der Waals surface area (Å²) in [7, 11) is 0. The lowest BCUT2D eigenvalue weighted by molar-refractivity contribution is -0.149. The van der Waals surface area contributed by atoms with Crippen LogP contribution in [0.4, 0.5) is 0 Å². The largest absolute Gasteiger partial charge is 0.461 e. The number of hydrogen-bond donors (Lipinski definition) is 1. The van der Waals surface area contributed by atoms with E-state index in [1.54, 1.807) is 0 Å². The van der Waals surface area contributed by atoms with Crippen LogP contribution < -0.4 is 5.32 Å². The van der Waals surface area contributed by atoms with Crippen molar-refractivity contribution in [3.8, 4) is 0 Å². The van der Waals surface area contributed by atoms with Gasteiger partial charge in [-0.05, 0) is 38.5 Å². The SMILES string of the molecule is O=C(CNC1CCCC1)OC1CCCCC1. The highest BCUT2D eigenvalue weighted by Gasteiger charge is 2.19. The molecule has 92 valence electrons. The number of ether oxygens (including phenoxy) is 1. The van der Waals surface area contributed by atoms with Gasteiger partial charge < -0.3 is 10.1 Å². The number of esters is 1. The Morgan fingerprint density at radius 1 is 1.00 bits per heavy atom. The van der Waals surface area contributed by atoms with Crippen LogP contribution in [-0.2, 0) is 9.53 Å². The van der Waals surface area contributed by atoms with E-state index >= 15 is 0 Å². The lowest BCUT2D eigenvalue weighted by Crippen LogP contribution is -2.34. The zero-order valence-electron chi connectivity index (χ0n) is 10.0. The first-order chi connectivity index (χ1) is 7.84. The molecule has 1 N–H and O–H groups in total. The molecule has 0 spiro atoms. The third kappa shape index (κ3) is 3.78. The minimum atomic E-state index is -0.0567. The van der Waals surface area contributed by atoms with Gasteiger partial charge in [-0.2, -0.15) is 0 Å². The third-order valence-electron chi connectivity index (χ3n) is 3.74. The molecule has 0 radical (unpaired) electrons. The average molecular weight is 225 g/mol. The third-order valence-corrected chi connectivity index (χ3v) is 3.74. The van der Waals surface area contributed by atoms with Crippen LogP contribution >= 0.6 is 0 Å². The molecule has 0 atom stereocenters. The van der Waals surface area contributed by atoms with E-state index in [1.807, 2.05) is 0 Å². The summed E-state index contributed by atoms with van der Waals surface area (Å²) in [5, 5.41) is 3.30. The lowest BCUT2D eigenvalue weighted by atomic mass is 9.98. The molecule has 2 aliphatic rings. The van der Waals surface area contributed by atoms with E-state index < -0.39 is 0 Å². The first kappa shape index (κ1) is 11.9. The summed E-state index contributed by atoms with van der Waals surface area (Å²) in [6.07, 6.45) is 11.1. The van der Waals surface area contributed by atoms with E-state index in [0.717, 1.165) is 12.8 Å². The Balaban J connectivity index is 1.59. The standard InChI is InChI=1S/C13H23NO2/c15-13(10-14-11-6-4-5-7-11)16-12-8-2-1-3-9-12/h11-12,14H,1-10H2. The average Bonchev–Trinajstić information content (AvgIpc) is 2.81. The van der Waals surface area contributed by atoms with E-state index in [2.05, 4.69) is 5.32 Å². The van der Waals surface area contributed by atoms with E-state index in [-0.39, 0.29) is 12.1 Å². The van der Waals surface area contributed by atoms with Crippen LogP contribution in [0.15, 0.2) is 0 Å². The van der Waals surface area contributed by atoms with Crippen molar-refractivity contribution in [3.05, 3.63) is 0 Å². The summed E-state index contributed by atoms with van der Waals surface area (Å²) in [6.45, 7) is 0.404. The van der Waals surface area contributed by atoms with Crippen molar-refractivity contribution in [2.45, 2.75) is 69.9 Å². The topological polar surface area (TPSA) is 38.3 Å². The predicted molar refractivity (Wildman–Crippen MR) is 63.2 cm³/mol. The maximum Gasteiger partial charge on any atom is 0.320 e. The summed E-state index contributed by atoms with van der Waals surface area (Å²) in [5.74, 6) is -0.0567. The van der Waals surface area contributed by atoms with Crippen LogP contribution in [0, 0.1) is 0 Å².